The lowest BCUT2D eigenvalue weighted by Gasteiger charge is -2.02. The first-order valence-electron chi connectivity index (χ1n) is 3.94. The molecular weight excluding hydrogens is 234 g/mol. The van der Waals surface area contributed by atoms with Gasteiger partial charge in [-0.15, -0.1) is 12.6 Å². The van der Waals surface area contributed by atoms with Gasteiger partial charge in [0, 0.05) is 11.1 Å². The second kappa shape index (κ2) is 5.00. The minimum Gasteiger partial charge on any atom is -0.478 e. The van der Waals surface area contributed by atoms with E-state index >= 15 is 0 Å². The van der Waals surface area contributed by atoms with E-state index in [4.69, 9.17) is 16.7 Å². The lowest BCUT2D eigenvalue weighted by molar-refractivity contribution is 0.0697. The highest BCUT2D eigenvalue weighted by molar-refractivity contribution is 7.90. The van der Waals surface area contributed by atoms with Gasteiger partial charge in [0.2, 0.25) is 0 Å². The van der Waals surface area contributed by atoms with Crippen LogP contribution in [0.3, 0.4) is 0 Å². The van der Waals surface area contributed by atoms with Gasteiger partial charge in [0.25, 0.3) is 0 Å². The molecule has 3 nitrogen and oxygen atoms in total. The molecule has 0 aliphatic heterocycles. The third kappa shape index (κ3) is 2.84. The quantitative estimate of drug-likeness (QED) is 0.631. The summed E-state index contributed by atoms with van der Waals surface area (Å²) in [5, 5.41) is 8.92. The number of hydrogen-bond acceptors (Lipinski definition) is 3. The molecule has 0 heterocycles. The molecule has 78 valence electrons. The maximum absolute atomic E-state index is 10.7. The minimum atomic E-state index is -1.06. The smallest absolute Gasteiger partial charge is 0.337 e. The van der Waals surface area contributed by atoms with Crippen molar-refractivity contribution >= 4 is 41.8 Å². The summed E-state index contributed by atoms with van der Waals surface area (Å²) in [5.74, 6) is -1.06. The number of rotatable bonds is 3. The van der Waals surface area contributed by atoms with Crippen LogP contribution in [-0.2, 0) is 0 Å². The summed E-state index contributed by atoms with van der Waals surface area (Å²) in [7, 11) is 0. The summed E-state index contributed by atoms with van der Waals surface area (Å²) >= 11 is 9.93. The Balaban J connectivity index is 3.17. The molecule has 1 rings (SSSR count). The van der Waals surface area contributed by atoms with Crippen LogP contribution in [0.4, 0.5) is 0 Å². The molecular formula is C10H8ClNO2S. The molecule has 0 aliphatic carbocycles. The average Bonchev–Trinajstić information content (AvgIpc) is 2.17. The first kappa shape index (κ1) is 11.8. The van der Waals surface area contributed by atoms with Crippen molar-refractivity contribution in [3.8, 4) is 0 Å². The van der Waals surface area contributed by atoms with E-state index < -0.39 is 5.97 Å². The molecule has 1 aromatic rings. The van der Waals surface area contributed by atoms with Gasteiger partial charge in [0.1, 0.15) is 0 Å². The molecule has 0 aromatic heterocycles. The van der Waals surface area contributed by atoms with Crippen LogP contribution in [0.25, 0.3) is 4.91 Å². The number of carboxylic acids is 1. The fourth-order valence-electron chi connectivity index (χ4n) is 1.01. The maximum Gasteiger partial charge on any atom is 0.337 e. The number of carboxylic acid groups (broad SMARTS) is 1. The molecule has 0 spiro atoms. The third-order valence-electron chi connectivity index (χ3n) is 1.71. The summed E-state index contributed by atoms with van der Waals surface area (Å²) in [6.07, 6.45) is 1.45. The lowest BCUT2D eigenvalue weighted by atomic mass is 10.1. The van der Waals surface area contributed by atoms with Gasteiger partial charge in [-0.25, -0.2) is 4.79 Å². The standard InChI is InChI=1S/C10H8ClNO2S/c1-12-5-9(15)6-2-3-7(10(13)14)8(11)4-6/h2-5,15H,1H2,(H,13,14)/b9-5-. The predicted molar refractivity (Wildman–Crippen MR) is 64.9 cm³/mol. The maximum atomic E-state index is 10.7. The molecule has 1 N–H and O–H groups in total. The van der Waals surface area contributed by atoms with Crippen LogP contribution in [-0.4, -0.2) is 17.8 Å². The first-order valence-corrected chi connectivity index (χ1v) is 4.77. The van der Waals surface area contributed by atoms with Crippen molar-refractivity contribution < 1.29 is 9.90 Å². The van der Waals surface area contributed by atoms with E-state index in [1.165, 1.54) is 18.3 Å². The van der Waals surface area contributed by atoms with E-state index in [0.29, 0.717) is 10.5 Å². The number of carbonyl (C=O) groups is 1. The molecule has 15 heavy (non-hydrogen) atoms. The number of aromatic carboxylic acids is 1. The number of thiol groups is 1. The SMILES string of the molecule is C=N/C=C(\S)c1ccc(C(=O)O)c(Cl)c1. The highest BCUT2D eigenvalue weighted by Crippen LogP contribution is 2.24. The van der Waals surface area contributed by atoms with Crippen LogP contribution >= 0.6 is 24.2 Å². The van der Waals surface area contributed by atoms with Crippen LogP contribution in [0.2, 0.25) is 5.02 Å². The molecule has 0 saturated carbocycles. The fraction of sp³-hybridized carbons (Fsp3) is 0. The van der Waals surface area contributed by atoms with Crippen molar-refractivity contribution in [2.75, 3.05) is 0 Å². The highest BCUT2D eigenvalue weighted by Gasteiger charge is 2.09. The molecule has 0 bridgehead atoms. The summed E-state index contributed by atoms with van der Waals surface area (Å²) in [5.41, 5.74) is 0.758. The number of benzene rings is 1. The Hall–Kier alpha value is -1.26. The number of halogens is 1. The summed E-state index contributed by atoms with van der Waals surface area (Å²) in [4.78, 5) is 14.8. The van der Waals surface area contributed by atoms with E-state index in [-0.39, 0.29) is 10.6 Å². The molecule has 0 saturated heterocycles. The molecule has 0 unspecified atom stereocenters. The molecule has 5 heteroatoms. The highest BCUT2D eigenvalue weighted by atomic mass is 35.5. The number of aliphatic imine (C=N–C) groups is 1. The summed E-state index contributed by atoms with van der Waals surface area (Å²) in [6.45, 7) is 3.29. The van der Waals surface area contributed by atoms with Crippen molar-refractivity contribution in [1.29, 1.82) is 0 Å². The average molecular weight is 242 g/mol. The van der Waals surface area contributed by atoms with Gasteiger partial charge in [0.05, 0.1) is 10.6 Å². The first-order chi connectivity index (χ1) is 7.06. The van der Waals surface area contributed by atoms with E-state index in [2.05, 4.69) is 24.3 Å². The Morgan fingerprint density at radius 3 is 2.73 bits per heavy atom. The Morgan fingerprint density at radius 1 is 1.60 bits per heavy atom. The summed E-state index contributed by atoms with van der Waals surface area (Å²) in [6, 6.07) is 4.56. The Labute approximate surface area is 97.5 Å². The normalized spacial score (nSPS) is 11.2. The summed E-state index contributed by atoms with van der Waals surface area (Å²) < 4.78 is 0. The van der Waals surface area contributed by atoms with Gasteiger partial charge in [0.15, 0.2) is 0 Å². The largest absolute Gasteiger partial charge is 0.478 e. The second-order valence-electron chi connectivity index (χ2n) is 2.70. The Kier molecular flexibility index (Phi) is 3.94. The van der Waals surface area contributed by atoms with Crippen molar-refractivity contribution in [1.82, 2.24) is 0 Å². The Morgan fingerprint density at radius 2 is 2.27 bits per heavy atom. The van der Waals surface area contributed by atoms with E-state index in [0.717, 1.165) is 0 Å². The zero-order chi connectivity index (χ0) is 11.4. The number of hydrogen-bond donors (Lipinski definition) is 2. The van der Waals surface area contributed by atoms with Crippen molar-refractivity contribution in [3.63, 3.8) is 0 Å². The Bertz CT molecular complexity index is 443. The predicted octanol–water partition coefficient (Wildman–Crippen LogP) is 2.97. The van der Waals surface area contributed by atoms with E-state index in [9.17, 15) is 4.79 Å². The van der Waals surface area contributed by atoms with Crippen molar-refractivity contribution in [3.05, 3.63) is 40.5 Å². The second-order valence-corrected chi connectivity index (χ2v) is 3.59. The third-order valence-corrected chi connectivity index (χ3v) is 2.40. The molecule has 1 aromatic carbocycles. The molecule has 0 amide bonds. The van der Waals surface area contributed by atoms with Crippen LogP contribution in [0.1, 0.15) is 15.9 Å². The minimum absolute atomic E-state index is 0.0631. The van der Waals surface area contributed by atoms with Gasteiger partial charge in [-0.1, -0.05) is 17.7 Å². The van der Waals surface area contributed by atoms with Gasteiger partial charge in [-0.05, 0) is 24.4 Å². The van der Waals surface area contributed by atoms with Crippen LogP contribution in [0, 0.1) is 0 Å². The zero-order valence-corrected chi connectivity index (χ0v) is 9.29. The molecule has 0 atom stereocenters. The number of nitrogens with zero attached hydrogens (tertiary/aromatic N) is 1. The van der Waals surface area contributed by atoms with Crippen molar-refractivity contribution in [2.45, 2.75) is 0 Å². The molecule has 0 aliphatic rings. The van der Waals surface area contributed by atoms with Crippen LogP contribution < -0.4 is 0 Å². The molecule has 0 fully saturated rings. The fourth-order valence-corrected chi connectivity index (χ4v) is 1.49. The van der Waals surface area contributed by atoms with Gasteiger partial charge < -0.3 is 5.11 Å². The van der Waals surface area contributed by atoms with Gasteiger partial charge in [-0.2, -0.15) is 0 Å². The van der Waals surface area contributed by atoms with Crippen LogP contribution in [0.15, 0.2) is 29.4 Å². The zero-order valence-electron chi connectivity index (χ0n) is 7.64. The molecule has 0 radical (unpaired) electrons. The van der Waals surface area contributed by atoms with Gasteiger partial charge >= 0.3 is 5.97 Å². The van der Waals surface area contributed by atoms with Crippen molar-refractivity contribution in [2.24, 2.45) is 4.99 Å². The lowest BCUT2D eigenvalue weighted by Crippen LogP contribution is -1.97. The topological polar surface area (TPSA) is 49.7 Å². The monoisotopic (exact) mass is 241 g/mol. The van der Waals surface area contributed by atoms with Gasteiger partial charge in [-0.3, -0.25) is 4.99 Å². The van der Waals surface area contributed by atoms with Crippen LogP contribution in [0.5, 0.6) is 0 Å². The van der Waals surface area contributed by atoms with E-state index in [1.807, 2.05) is 0 Å². The van der Waals surface area contributed by atoms with E-state index in [1.54, 1.807) is 6.07 Å².